The van der Waals surface area contributed by atoms with E-state index >= 15 is 0 Å². The van der Waals surface area contributed by atoms with Gasteiger partial charge in [0.25, 0.3) is 0 Å². The maximum absolute atomic E-state index is 11.4. The molecular formula is C13H22N5O9P. The van der Waals surface area contributed by atoms with Crippen LogP contribution in [0.5, 0.6) is 0 Å². The van der Waals surface area contributed by atoms with Crippen molar-refractivity contribution in [1.29, 1.82) is 0 Å². The molecule has 1 aliphatic rings. The number of nitrogens with one attached hydrogen (secondary N) is 2. The molecule has 0 saturated carbocycles. The van der Waals surface area contributed by atoms with E-state index < -0.39 is 50.3 Å². The van der Waals surface area contributed by atoms with Crippen molar-refractivity contribution >= 4 is 13.5 Å². The largest absolute Gasteiger partial charge is 0.387 e. The van der Waals surface area contributed by atoms with Crippen molar-refractivity contribution < 1.29 is 43.9 Å². The molecule has 1 aliphatic heterocycles. The summed E-state index contributed by atoms with van der Waals surface area (Å²) < 4.78 is 21.9. The summed E-state index contributed by atoms with van der Waals surface area (Å²) in [6.07, 6.45) is -6.69. The van der Waals surface area contributed by atoms with Crippen LogP contribution in [0.4, 0.5) is 0 Å². The van der Waals surface area contributed by atoms with Crippen LogP contribution in [-0.2, 0) is 18.8 Å². The number of hydrogen-bond acceptors (Lipinski definition) is 10. The van der Waals surface area contributed by atoms with E-state index in [1.807, 2.05) is 5.43 Å². The van der Waals surface area contributed by atoms with Crippen LogP contribution >= 0.6 is 7.60 Å². The fraction of sp³-hybridized carbons (Fsp3) is 0.615. The van der Waals surface area contributed by atoms with Crippen LogP contribution in [0, 0.1) is 0 Å². The van der Waals surface area contributed by atoms with Crippen molar-refractivity contribution in [3.05, 3.63) is 23.8 Å². The van der Waals surface area contributed by atoms with Crippen molar-refractivity contribution in [2.24, 2.45) is 5.84 Å². The van der Waals surface area contributed by atoms with Crippen LogP contribution in [0.2, 0.25) is 0 Å². The van der Waals surface area contributed by atoms with E-state index in [1.165, 1.54) is 6.20 Å². The molecule has 1 aromatic rings. The molecule has 0 aromatic carbocycles. The number of aromatic nitrogens is 3. The Morgan fingerprint density at radius 3 is 2.68 bits per heavy atom. The molecule has 28 heavy (non-hydrogen) atoms. The van der Waals surface area contributed by atoms with Gasteiger partial charge in [-0.1, -0.05) is 0 Å². The van der Waals surface area contributed by atoms with Gasteiger partial charge in [0, 0.05) is 12.2 Å². The molecule has 1 aromatic heterocycles. The fourth-order valence-corrected chi connectivity index (χ4v) is 2.88. The first-order chi connectivity index (χ1) is 13.1. The molecule has 14 nitrogen and oxygen atoms in total. The third-order valence-corrected chi connectivity index (χ3v) is 4.49. The van der Waals surface area contributed by atoms with E-state index in [9.17, 15) is 24.7 Å². The molecule has 1 unspecified atom stereocenters. The Kier molecular flexibility index (Phi) is 7.77. The first-order valence-electron chi connectivity index (χ1n) is 8.07. The van der Waals surface area contributed by atoms with E-state index in [-0.39, 0.29) is 18.5 Å². The number of carbonyl (C=O) groups is 1. The average molecular weight is 423 g/mol. The molecule has 0 spiro atoms. The monoisotopic (exact) mass is 423 g/mol. The molecule has 6 atom stereocenters. The van der Waals surface area contributed by atoms with Gasteiger partial charge in [-0.15, -0.1) is 0 Å². The lowest BCUT2D eigenvalue weighted by Crippen LogP contribution is -2.57. The number of rotatable bonds is 8. The number of hydrogen-bond donors (Lipinski definition) is 8. The van der Waals surface area contributed by atoms with Gasteiger partial charge >= 0.3 is 7.60 Å². The van der Waals surface area contributed by atoms with E-state index in [2.05, 4.69) is 15.4 Å². The van der Waals surface area contributed by atoms with Gasteiger partial charge in [0.05, 0.1) is 6.20 Å². The predicted octanol–water partition coefficient (Wildman–Crippen LogP) is -2.87. The lowest BCUT2D eigenvalue weighted by Gasteiger charge is -2.40. The van der Waals surface area contributed by atoms with Crippen LogP contribution in [0.1, 0.15) is 24.6 Å². The first-order valence-corrected chi connectivity index (χ1v) is 9.75. The number of H-pyrrole nitrogens is 1. The number of nitrogens with zero attached hydrogens (tertiary/aromatic N) is 2. The molecule has 158 valence electrons. The summed E-state index contributed by atoms with van der Waals surface area (Å²) in [5, 5.41) is 40.0. The molecule has 1 fully saturated rings. The maximum atomic E-state index is 11.4. The van der Waals surface area contributed by atoms with E-state index in [1.54, 1.807) is 0 Å². The van der Waals surface area contributed by atoms with Crippen LogP contribution in [0.3, 0.4) is 0 Å². The Labute approximate surface area is 158 Å². The summed E-state index contributed by atoms with van der Waals surface area (Å²) in [5.41, 5.74) is 2.22. The van der Waals surface area contributed by atoms with Crippen molar-refractivity contribution in [3.8, 4) is 0 Å². The lowest BCUT2D eigenvalue weighted by atomic mass is 9.99. The van der Waals surface area contributed by atoms with Gasteiger partial charge in [0.2, 0.25) is 5.91 Å². The van der Waals surface area contributed by atoms with Crippen LogP contribution in [0.25, 0.3) is 0 Å². The highest BCUT2D eigenvalue weighted by atomic mass is 31.2. The number of hydrazine groups is 1. The molecule has 1 amide bonds. The molecule has 9 N–H and O–H groups in total. The molecule has 15 heteroatoms. The number of amides is 1. The first kappa shape index (κ1) is 22.5. The van der Waals surface area contributed by atoms with Gasteiger partial charge < -0.3 is 34.6 Å². The summed E-state index contributed by atoms with van der Waals surface area (Å²) in [7, 11) is -4.54. The second-order valence-corrected chi connectivity index (χ2v) is 7.47. The number of aliphatic hydroxyl groups excluding tert-OH is 3. The van der Waals surface area contributed by atoms with Gasteiger partial charge in [0.15, 0.2) is 6.29 Å². The third kappa shape index (κ3) is 6.13. The Morgan fingerprint density at radius 2 is 2.11 bits per heavy atom. The third-order valence-electron chi connectivity index (χ3n) is 3.93. The summed E-state index contributed by atoms with van der Waals surface area (Å²) >= 11 is 0. The standard InChI is InChI=1S/C13H22N5O9P/c14-16-9(19)2-1-7(6-5-15-18-17-6)26-13-12(22)11(21)10(20)8(27-13)3-4-28(23,24)25/h3-5,7-8,10-13,20-22H,1-2,14H2,(H,16,19)(H,15,17,18)(H2,23,24,25)/t7?,8-,10-,11+,12+,13+/m1/s1. The highest BCUT2D eigenvalue weighted by Gasteiger charge is 2.44. The molecule has 2 heterocycles. The van der Waals surface area contributed by atoms with Gasteiger partial charge in [-0.2, -0.15) is 15.4 Å². The fourth-order valence-electron chi connectivity index (χ4n) is 2.49. The van der Waals surface area contributed by atoms with Crippen molar-refractivity contribution in [3.63, 3.8) is 0 Å². The molecule has 0 aliphatic carbocycles. The SMILES string of the molecule is NNC(=O)CCC(O[C@H]1O[C@H](C=CP(=O)(O)O)[C@@H](O)[C@H](O)[C@@H]1O)c1cn[nH]n1. The Morgan fingerprint density at radius 1 is 1.39 bits per heavy atom. The van der Waals surface area contributed by atoms with Crippen molar-refractivity contribution in [2.75, 3.05) is 0 Å². The van der Waals surface area contributed by atoms with E-state index in [4.69, 9.17) is 25.1 Å². The number of aromatic amines is 1. The summed E-state index contributed by atoms with van der Waals surface area (Å²) in [6.45, 7) is 0. The topological polar surface area (TPSA) is 233 Å². The normalized spacial score (nSPS) is 29.7. The predicted molar refractivity (Wildman–Crippen MR) is 89.6 cm³/mol. The minimum Gasteiger partial charge on any atom is -0.387 e. The zero-order valence-corrected chi connectivity index (χ0v) is 15.3. The average Bonchev–Trinajstić information content (AvgIpc) is 3.17. The quantitative estimate of drug-likeness (QED) is 0.0912. The zero-order valence-electron chi connectivity index (χ0n) is 14.4. The second kappa shape index (κ2) is 9.65. The van der Waals surface area contributed by atoms with Crippen molar-refractivity contribution in [1.82, 2.24) is 20.8 Å². The minimum atomic E-state index is -4.54. The summed E-state index contributed by atoms with van der Waals surface area (Å²) in [5.74, 6) is 5.05. The number of aliphatic hydroxyl groups is 3. The minimum absolute atomic E-state index is 0.0593. The summed E-state index contributed by atoms with van der Waals surface area (Å²) in [6, 6.07) is 0. The second-order valence-electron chi connectivity index (χ2n) is 6.00. The number of carbonyl (C=O) groups excluding carboxylic acids is 1. The molecule has 0 bridgehead atoms. The van der Waals surface area contributed by atoms with Crippen molar-refractivity contribution in [2.45, 2.75) is 49.7 Å². The summed E-state index contributed by atoms with van der Waals surface area (Å²) in [4.78, 5) is 29.2. The van der Waals surface area contributed by atoms with E-state index in [0.29, 0.717) is 5.82 Å². The van der Waals surface area contributed by atoms with E-state index in [0.717, 1.165) is 6.08 Å². The number of ether oxygens (including phenoxy) is 2. The number of nitrogens with two attached hydrogens (primary N) is 1. The molecule has 2 rings (SSSR count). The Hall–Kier alpha value is -1.74. The van der Waals surface area contributed by atoms with Gasteiger partial charge in [-0.05, 0) is 12.5 Å². The highest BCUT2D eigenvalue weighted by Crippen LogP contribution is 2.37. The lowest BCUT2D eigenvalue weighted by molar-refractivity contribution is -0.300. The van der Waals surface area contributed by atoms with Gasteiger partial charge in [-0.25, -0.2) is 5.84 Å². The van der Waals surface area contributed by atoms with Gasteiger partial charge in [0.1, 0.15) is 36.2 Å². The zero-order chi connectivity index (χ0) is 20.9. The molecule has 1 saturated heterocycles. The molecule has 0 radical (unpaired) electrons. The van der Waals surface area contributed by atoms with Gasteiger partial charge in [-0.3, -0.25) is 14.8 Å². The smallest absolute Gasteiger partial charge is 0.348 e. The molecular weight excluding hydrogens is 401 g/mol. The van der Waals surface area contributed by atoms with Crippen LogP contribution in [-0.4, -0.2) is 77.1 Å². The van der Waals surface area contributed by atoms with Crippen LogP contribution < -0.4 is 11.3 Å². The van der Waals surface area contributed by atoms with Crippen LogP contribution in [0.15, 0.2) is 18.1 Å². The Bertz CT molecular complexity index is 711. The Balaban J connectivity index is 2.15. The highest BCUT2D eigenvalue weighted by molar-refractivity contribution is 7.55. The maximum Gasteiger partial charge on any atom is 0.348 e.